The first kappa shape index (κ1) is 66.3. The number of nitro groups is 2. The summed E-state index contributed by atoms with van der Waals surface area (Å²) in [6.45, 7) is 0. The summed E-state index contributed by atoms with van der Waals surface area (Å²) in [6, 6.07) is 19.2. The van der Waals surface area contributed by atoms with Crippen molar-refractivity contribution in [1.82, 2.24) is 0 Å². The fraction of sp³-hybridized carbons (Fsp3) is 0. The molecule has 0 saturated carbocycles. The van der Waals surface area contributed by atoms with Crippen LogP contribution in [0.1, 0.15) is 0 Å². The number of fused-ring (bicyclic) bond motifs is 1. The summed E-state index contributed by atoms with van der Waals surface area (Å²) in [5.74, 6) is -2.15. The first-order valence-corrected chi connectivity index (χ1v) is 25.1. The Kier molecular flexibility index (Phi) is 22.7. The number of benzene rings is 7. The summed E-state index contributed by atoms with van der Waals surface area (Å²) in [6.07, 6.45) is 0. The van der Waals surface area contributed by atoms with E-state index in [9.17, 15) is 82.3 Å². The first-order chi connectivity index (χ1) is 34.1. The second kappa shape index (κ2) is 26.3. The average molecular weight is 1170 g/mol. The van der Waals surface area contributed by atoms with Crippen molar-refractivity contribution in [3.8, 4) is 11.5 Å². The van der Waals surface area contributed by atoms with Gasteiger partial charge in [-0.1, -0.05) is 11.5 Å². The van der Waals surface area contributed by atoms with Gasteiger partial charge >= 0.3 is 118 Å². The molecule has 29 nitrogen and oxygen atoms in total. The molecule has 77 heavy (non-hydrogen) atoms. The number of nitrogens with one attached hydrogen (secondary N) is 2. The minimum atomic E-state index is -5.38. The van der Waals surface area contributed by atoms with Crippen LogP contribution < -0.4 is 145 Å². The molecule has 0 aliphatic carbocycles. The third-order valence-corrected chi connectivity index (χ3v) is 13.2. The molecule has 0 bridgehead atoms. The van der Waals surface area contributed by atoms with E-state index in [2.05, 4.69) is 41.3 Å². The Morgan fingerprint density at radius 2 is 0.948 bits per heavy atom. The summed E-state index contributed by atoms with van der Waals surface area (Å²) in [4.78, 5) is 16.5. The smallest absolute Gasteiger partial charge is 0.871 e. The minimum absolute atomic E-state index is 0. The molecule has 0 atom stereocenters. The van der Waals surface area contributed by atoms with Crippen LogP contribution in [0, 0.1) is 20.2 Å². The second-order valence-corrected chi connectivity index (χ2v) is 20.2. The molecule has 7 rings (SSSR count). The van der Waals surface area contributed by atoms with E-state index in [1.54, 1.807) is 0 Å². The van der Waals surface area contributed by atoms with Crippen molar-refractivity contribution in [2.45, 2.75) is 19.6 Å². The van der Waals surface area contributed by atoms with Gasteiger partial charge in [-0.05, 0) is 96.4 Å². The Labute approximate surface area is 522 Å². The van der Waals surface area contributed by atoms with E-state index in [0.717, 1.165) is 36.4 Å². The van der Waals surface area contributed by atoms with Gasteiger partial charge in [0.2, 0.25) is 0 Å². The Balaban J connectivity index is 0.00000390. The second-order valence-electron chi connectivity index (χ2n) is 14.6. The van der Waals surface area contributed by atoms with Gasteiger partial charge in [0.15, 0.2) is 0 Å². The van der Waals surface area contributed by atoms with Crippen LogP contribution in [0.15, 0.2) is 166 Å². The van der Waals surface area contributed by atoms with Gasteiger partial charge < -0.3 is 35.7 Å². The van der Waals surface area contributed by atoms with Crippen molar-refractivity contribution in [2.24, 2.45) is 30.7 Å². The van der Waals surface area contributed by atoms with Gasteiger partial charge in [0.05, 0.1) is 65.1 Å². The molecule has 0 spiro atoms. The van der Waals surface area contributed by atoms with Gasteiger partial charge in [-0.3, -0.25) is 29.3 Å². The maximum Gasteiger partial charge on any atom is 1.00 e. The topological polar surface area (TPSA) is 480 Å². The van der Waals surface area contributed by atoms with Gasteiger partial charge in [-0.25, -0.2) is 16.8 Å². The fourth-order valence-corrected chi connectivity index (χ4v) is 8.91. The quantitative estimate of drug-likeness (QED) is 0.0152. The molecule has 0 radical (unpaired) electrons. The van der Waals surface area contributed by atoms with Crippen LogP contribution in [0.5, 0.6) is 11.5 Å². The molecule has 7 aromatic rings. The zero-order valence-electron chi connectivity index (χ0n) is 39.7. The van der Waals surface area contributed by atoms with E-state index in [1.807, 2.05) is 0 Å². The maximum atomic E-state index is 14.1. The summed E-state index contributed by atoms with van der Waals surface area (Å²) >= 11 is 0. The number of nitro benzene ring substituents is 2. The SMILES string of the molecule is Nc1cc([O-])c(N=Nc2ccc(Nc3ccc([N+](=O)[O-])cc3S(=O)(=O)[O-])cc2)cc1N=Nc1cc(S(=O)(=O)[O-])cc2cc(S(=O)(=O)O)c(N=Nc3ccc(Nc4ccc([N+](=O)[O-])cc4S(=O)(=O)O)cc3)c([O-])c12.[Na+].[Na+].[Na+].[Na+]. The third kappa shape index (κ3) is 16.3. The monoisotopic (exact) mass is 1170 g/mol. The van der Waals surface area contributed by atoms with E-state index in [0.29, 0.717) is 30.3 Å². The predicted octanol–water partition coefficient (Wildman–Crippen LogP) is -4.56. The number of hydrogen-bond donors (Lipinski definition) is 5. The molecule has 376 valence electrons. The van der Waals surface area contributed by atoms with Gasteiger partial charge in [0.25, 0.3) is 31.6 Å². The number of nitrogen functional groups attached to an aromatic ring is 1. The molecule has 0 amide bonds. The molecule has 0 saturated heterocycles. The molecule has 0 unspecified atom stereocenters. The summed E-state index contributed by atoms with van der Waals surface area (Å²) in [5.41, 5.74) is 1.63. The number of azo groups is 3. The molecule has 0 aliphatic rings. The molecule has 7 aromatic carbocycles. The van der Waals surface area contributed by atoms with E-state index in [1.165, 1.54) is 48.5 Å². The van der Waals surface area contributed by atoms with E-state index >= 15 is 0 Å². The first-order valence-electron chi connectivity index (χ1n) is 19.4. The van der Waals surface area contributed by atoms with Crippen molar-refractivity contribution in [2.75, 3.05) is 16.4 Å². The molecule has 0 aromatic heterocycles. The van der Waals surface area contributed by atoms with Gasteiger partial charge in [0.1, 0.15) is 35.7 Å². The van der Waals surface area contributed by atoms with E-state index in [-0.39, 0.29) is 164 Å². The molecular formula is C40H25N11Na4O18S4. The van der Waals surface area contributed by atoms with Crippen molar-refractivity contribution in [3.63, 3.8) is 0 Å². The van der Waals surface area contributed by atoms with Crippen LogP contribution in [0.3, 0.4) is 0 Å². The summed E-state index contributed by atoms with van der Waals surface area (Å²) in [7, 11) is -20.9. The van der Waals surface area contributed by atoms with Crippen LogP contribution in [-0.2, 0) is 40.5 Å². The van der Waals surface area contributed by atoms with Gasteiger partial charge in [0, 0.05) is 41.0 Å². The number of nitrogens with two attached hydrogens (primary N) is 1. The number of hydrogen-bond acceptors (Lipinski definition) is 25. The average Bonchev–Trinajstić information content (AvgIpc) is 3.30. The van der Waals surface area contributed by atoms with Crippen molar-refractivity contribution in [3.05, 3.63) is 135 Å². The van der Waals surface area contributed by atoms with Crippen LogP contribution in [0.25, 0.3) is 10.8 Å². The van der Waals surface area contributed by atoms with Crippen LogP contribution in [0.4, 0.5) is 73.9 Å². The molecule has 0 fully saturated rings. The van der Waals surface area contributed by atoms with Crippen molar-refractivity contribution >= 4 is 125 Å². The Bertz CT molecular complexity index is 4030. The maximum absolute atomic E-state index is 14.1. The molecule has 6 N–H and O–H groups in total. The Hall–Kier alpha value is -4.96. The predicted molar refractivity (Wildman–Crippen MR) is 247 cm³/mol. The Morgan fingerprint density at radius 1 is 0.494 bits per heavy atom. The minimum Gasteiger partial charge on any atom is -0.871 e. The van der Waals surface area contributed by atoms with Crippen LogP contribution >= 0.6 is 0 Å². The largest absolute Gasteiger partial charge is 1.00 e. The normalized spacial score (nSPS) is 11.8. The van der Waals surface area contributed by atoms with Crippen LogP contribution in [-0.4, -0.2) is 61.7 Å². The fourth-order valence-electron chi connectivity index (χ4n) is 6.41. The van der Waals surface area contributed by atoms with Crippen molar-refractivity contribution in [1.29, 1.82) is 0 Å². The van der Waals surface area contributed by atoms with E-state index in [4.69, 9.17) is 5.73 Å². The third-order valence-electron chi connectivity index (χ3n) is 9.75. The van der Waals surface area contributed by atoms with Gasteiger partial charge in [-0.15, -0.1) is 15.3 Å². The van der Waals surface area contributed by atoms with Crippen LogP contribution in [0.2, 0.25) is 0 Å². The standard InChI is InChI=1S/C40H29N11O18S4.4Na/c41-28-18-34(52)32(47-44-23-5-1-21(2-6-23)42-29-11-9-25(50(54)55)15-35(29)71(61,62)63)19-31(28)46-48-33-17-27(70(58,59)60)13-20-14-37(73(67,68)69)39(40(53)38(20)33)49-45-24-7-3-22(4-8-24)43-30-12-10-26(51(56)57)16-36(30)72(64,65)66;;;;/h1-19,42-43,52-53H,41H2,(H,58,59,60)(H,61,62,63)(H,64,65,66)(H,67,68,69);;;;/q;4*+1/p-4. The van der Waals surface area contributed by atoms with Crippen molar-refractivity contribution < 1.29 is 190 Å². The summed E-state index contributed by atoms with van der Waals surface area (Å²) in [5, 5.41) is 76.5. The number of non-ortho nitro benzene ring substituents is 2. The van der Waals surface area contributed by atoms with E-state index < -0.39 is 121 Å². The number of rotatable bonds is 16. The Morgan fingerprint density at radius 3 is 1.42 bits per heavy atom. The van der Waals surface area contributed by atoms with Gasteiger partial charge in [-0.2, -0.15) is 32.2 Å². The molecule has 0 heterocycles. The molecular weight excluding hydrogens is 1140 g/mol. The molecule has 37 heteroatoms. The zero-order valence-corrected chi connectivity index (χ0v) is 51.0. The molecule has 0 aliphatic heterocycles. The number of anilines is 5. The summed E-state index contributed by atoms with van der Waals surface area (Å²) < 4.78 is 141. The zero-order chi connectivity index (χ0) is 53.4. The number of nitrogens with zero attached hydrogens (tertiary/aromatic N) is 8.